The van der Waals surface area contributed by atoms with Gasteiger partial charge in [-0.1, -0.05) is 35.3 Å². The van der Waals surface area contributed by atoms with E-state index in [1.165, 1.54) is 0 Å². The average Bonchev–Trinajstić information content (AvgIpc) is 3.13. The molecule has 7 nitrogen and oxygen atoms in total. The van der Waals surface area contributed by atoms with Crippen molar-refractivity contribution in [2.24, 2.45) is 0 Å². The van der Waals surface area contributed by atoms with Crippen LogP contribution in [0, 0.1) is 0 Å². The summed E-state index contributed by atoms with van der Waals surface area (Å²) in [7, 11) is 0. The SMILES string of the molecule is O=C(Cc1ccc(Cl)c(Cl)c1)NC(=O)c1ccc2c(c1)CN(C1CCC(=O)NC1=O)C2. The predicted molar refractivity (Wildman–Crippen MR) is 114 cm³/mol. The maximum Gasteiger partial charge on any atom is 0.257 e. The normalized spacial score (nSPS) is 18.5. The van der Waals surface area contributed by atoms with Crippen molar-refractivity contribution in [1.82, 2.24) is 15.5 Å². The molecule has 2 aliphatic rings. The lowest BCUT2D eigenvalue weighted by Gasteiger charge is -2.29. The van der Waals surface area contributed by atoms with Crippen LogP contribution in [0.3, 0.4) is 0 Å². The van der Waals surface area contributed by atoms with Crippen molar-refractivity contribution >= 4 is 46.8 Å². The summed E-state index contributed by atoms with van der Waals surface area (Å²) in [4.78, 5) is 50.3. The van der Waals surface area contributed by atoms with Gasteiger partial charge in [-0.2, -0.15) is 0 Å². The maximum absolute atomic E-state index is 12.5. The van der Waals surface area contributed by atoms with Gasteiger partial charge in [-0.05, 0) is 47.4 Å². The third-order valence-electron chi connectivity index (χ3n) is 5.47. The Morgan fingerprint density at radius 3 is 2.55 bits per heavy atom. The summed E-state index contributed by atoms with van der Waals surface area (Å²) in [5.74, 6) is -1.47. The lowest BCUT2D eigenvalue weighted by molar-refractivity contribution is -0.137. The molecule has 2 N–H and O–H groups in total. The van der Waals surface area contributed by atoms with Gasteiger partial charge in [0.15, 0.2) is 0 Å². The van der Waals surface area contributed by atoms with Crippen LogP contribution in [0.5, 0.6) is 0 Å². The highest BCUT2D eigenvalue weighted by molar-refractivity contribution is 6.42. The Balaban J connectivity index is 1.39. The summed E-state index contributed by atoms with van der Waals surface area (Å²) in [6.45, 7) is 1.07. The van der Waals surface area contributed by atoms with Crippen LogP contribution >= 0.6 is 23.2 Å². The van der Waals surface area contributed by atoms with Gasteiger partial charge in [0.1, 0.15) is 0 Å². The summed E-state index contributed by atoms with van der Waals surface area (Å²) in [6, 6.07) is 9.74. The van der Waals surface area contributed by atoms with Crippen LogP contribution in [-0.4, -0.2) is 34.6 Å². The molecule has 4 amide bonds. The number of amides is 4. The molecule has 0 aliphatic carbocycles. The van der Waals surface area contributed by atoms with E-state index in [4.69, 9.17) is 23.2 Å². The molecule has 0 bridgehead atoms. The van der Waals surface area contributed by atoms with Gasteiger partial charge in [-0.25, -0.2) is 0 Å². The Hall–Kier alpha value is -2.74. The lowest BCUT2D eigenvalue weighted by atomic mass is 10.0. The Bertz CT molecular complexity index is 1100. The van der Waals surface area contributed by atoms with Crippen molar-refractivity contribution in [3.05, 3.63) is 68.7 Å². The zero-order valence-electron chi connectivity index (χ0n) is 16.4. The zero-order valence-corrected chi connectivity index (χ0v) is 17.9. The number of hydrogen-bond donors (Lipinski definition) is 2. The minimum absolute atomic E-state index is 0.00312. The standard InChI is InChI=1S/C22H19Cl2N3O4/c23-16-4-1-12(7-17(16)24)8-20(29)26-21(30)13-2-3-14-10-27(11-15(14)9-13)18-5-6-19(28)25-22(18)31/h1-4,7,9,18H,5-6,8,10-11H2,(H,25,28,31)(H,26,29,30). The highest BCUT2D eigenvalue weighted by atomic mass is 35.5. The Morgan fingerprint density at radius 1 is 1.03 bits per heavy atom. The van der Waals surface area contributed by atoms with Crippen LogP contribution in [0.25, 0.3) is 0 Å². The van der Waals surface area contributed by atoms with Crippen molar-refractivity contribution in [2.75, 3.05) is 0 Å². The van der Waals surface area contributed by atoms with Crippen molar-refractivity contribution in [2.45, 2.75) is 38.4 Å². The molecule has 0 saturated carbocycles. The second-order valence-corrected chi connectivity index (χ2v) is 8.47. The molecule has 2 aromatic carbocycles. The molecule has 0 spiro atoms. The van der Waals surface area contributed by atoms with Crippen molar-refractivity contribution in [1.29, 1.82) is 0 Å². The van der Waals surface area contributed by atoms with Gasteiger partial charge >= 0.3 is 0 Å². The minimum atomic E-state index is -0.493. The molecule has 2 heterocycles. The second-order valence-electron chi connectivity index (χ2n) is 7.66. The monoisotopic (exact) mass is 459 g/mol. The van der Waals surface area contributed by atoms with E-state index in [2.05, 4.69) is 10.6 Å². The van der Waals surface area contributed by atoms with Gasteiger partial charge < -0.3 is 0 Å². The summed E-state index contributed by atoms with van der Waals surface area (Å²) in [5.41, 5.74) is 2.96. The molecule has 0 aromatic heterocycles. The first-order valence-corrected chi connectivity index (χ1v) is 10.5. The molecule has 1 atom stereocenters. The molecule has 160 valence electrons. The van der Waals surface area contributed by atoms with E-state index in [9.17, 15) is 19.2 Å². The van der Waals surface area contributed by atoms with E-state index in [1.54, 1.807) is 30.3 Å². The highest BCUT2D eigenvalue weighted by Crippen LogP contribution is 2.28. The number of benzene rings is 2. The molecule has 1 fully saturated rings. The van der Waals surface area contributed by atoms with Gasteiger partial charge in [-0.3, -0.25) is 34.7 Å². The summed E-state index contributed by atoms with van der Waals surface area (Å²) in [5, 5.41) is 5.50. The van der Waals surface area contributed by atoms with Crippen LogP contribution in [0.2, 0.25) is 10.0 Å². The summed E-state index contributed by atoms with van der Waals surface area (Å²) >= 11 is 11.8. The highest BCUT2D eigenvalue weighted by Gasteiger charge is 2.34. The molecule has 1 unspecified atom stereocenters. The molecular weight excluding hydrogens is 441 g/mol. The van der Waals surface area contributed by atoms with E-state index in [0.717, 1.165) is 11.1 Å². The van der Waals surface area contributed by atoms with Gasteiger partial charge in [-0.15, -0.1) is 0 Å². The fraction of sp³-hybridized carbons (Fsp3) is 0.273. The van der Waals surface area contributed by atoms with Crippen molar-refractivity contribution in [3.8, 4) is 0 Å². The number of fused-ring (bicyclic) bond motifs is 1. The molecule has 4 rings (SSSR count). The molecule has 31 heavy (non-hydrogen) atoms. The smallest absolute Gasteiger partial charge is 0.257 e. The number of halogens is 2. The minimum Gasteiger partial charge on any atom is -0.295 e. The molecule has 0 radical (unpaired) electrons. The van der Waals surface area contributed by atoms with E-state index in [0.29, 0.717) is 47.1 Å². The van der Waals surface area contributed by atoms with E-state index < -0.39 is 11.8 Å². The number of carbonyl (C=O) groups is 4. The summed E-state index contributed by atoms with van der Waals surface area (Å²) < 4.78 is 0. The summed E-state index contributed by atoms with van der Waals surface area (Å²) in [6.07, 6.45) is 0.796. The van der Waals surface area contributed by atoms with Crippen LogP contribution in [0.1, 0.15) is 39.9 Å². The average molecular weight is 460 g/mol. The van der Waals surface area contributed by atoms with Crippen molar-refractivity contribution in [3.63, 3.8) is 0 Å². The quantitative estimate of drug-likeness (QED) is 0.685. The van der Waals surface area contributed by atoms with Gasteiger partial charge in [0, 0.05) is 25.1 Å². The number of nitrogens with zero attached hydrogens (tertiary/aromatic N) is 1. The largest absolute Gasteiger partial charge is 0.295 e. The fourth-order valence-electron chi connectivity index (χ4n) is 3.89. The van der Waals surface area contributed by atoms with Crippen molar-refractivity contribution < 1.29 is 19.2 Å². The Kier molecular flexibility index (Phi) is 6.09. The molecule has 2 aromatic rings. The number of piperidine rings is 1. The third kappa shape index (κ3) is 4.79. The predicted octanol–water partition coefficient (Wildman–Crippen LogP) is 2.61. The lowest BCUT2D eigenvalue weighted by Crippen LogP contribution is -2.50. The maximum atomic E-state index is 12.5. The number of rotatable bonds is 4. The first-order valence-electron chi connectivity index (χ1n) is 9.78. The van der Waals surface area contributed by atoms with Gasteiger partial charge in [0.25, 0.3) is 5.91 Å². The van der Waals surface area contributed by atoms with Crippen LogP contribution in [0.4, 0.5) is 0 Å². The first kappa shape index (κ1) is 21.5. The van der Waals surface area contributed by atoms with Gasteiger partial charge in [0.05, 0.1) is 22.5 Å². The Morgan fingerprint density at radius 2 is 1.81 bits per heavy atom. The molecular formula is C22H19Cl2N3O4. The van der Waals surface area contributed by atoms with Crippen LogP contribution < -0.4 is 10.6 Å². The first-order chi connectivity index (χ1) is 14.8. The number of carbonyl (C=O) groups excluding carboxylic acids is 4. The van der Waals surface area contributed by atoms with E-state index >= 15 is 0 Å². The zero-order chi connectivity index (χ0) is 22.1. The van der Waals surface area contributed by atoms with Crippen LogP contribution in [-0.2, 0) is 33.9 Å². The number of hydrogen-bond acceptors (Lipinski definition) is 5. The number of imide groups is 2. The van der Waals surface area contributed by atoms with E-state index in [1.807, 2.05) is 11.0 Å². The molecule has 2 aliphatic heterocycles. The molecule has 9 heteroatoms. The topological polar surface area (TPSA) is 95.6 Å². The Labute approximate surface area is 188 Å². The second kappa shape index (κ2) is 8.78. The van der Waals surface area contributed by atoms with Gasteiger partial charge in [0.2, 0.25) is 17.7 Å². The van der Waals surface area contributed by atoms with E-state index in [-0.39, 0.29) is 24.3 Å². The number of nitrogens with one attached hydrogen (secondary N) is 2. The molecule has 1 saturated heterocycles. The van der Waals surface area contributed by atoms with Crippen LogP contribution in [0.15, 0.2) is 36.4 Å². The fourth-order valence-corrected chi connectivity index (χ4v) is 4.21. The third-order valence-corrected chi connectivity index (χ3v) is 6.21.